The van der Waals surface area contributed by atoms with E-state index in [1.54, 1.807) is 36.7 Å². The number of pyridine rings is 1. The van der Waals surface area contributed by atoms with Crippen LogP contribution in [0.1, 0.15) is 16.1 Å². The van der Waals surface area contributed by atoms with Crippen molar-refractivity contribution in [1.29, 1.82) is 0 Å². The summed E-state index contributed by atoms with van der Waals surface area (Å²) in [4.78, 5) is 16.9. The fourth-order valence-corrected chi connectivity index (χ4v) is 3.13. The lowest BCUT2D eigenvalue weighted by molar-refractivity contribution is 0.0943. The highest BCUT2D eigenvalue weighted by molar-refractivity contribution is 6.33. The summed E-state index contributed by atoms with van der Waals surface area (Å²) in [6.07, 6.45) is 3.33. The SMILES string of the molecule is O=C(NCc1ccncc1)c1cc(-c2ccccc2Cl)nn1-c1ccc(F)cc1. The number of carbonyl (C=O) groups is 1. The van der Waals surface area contributed by atoms with Crippen molar-refractivity contribution < 1.29 is 9.18 Å². The molecule has 0 aliphatic heterocycles. The molecule has 0 radical (unpaired) electrons. The molecule has 1 N–H and O–H groups in total. The van der Waals surface area contributed by atoms with Gasteiger partial charge in [-0.25, -0.2) is 9.07 Å². The monoisotopic (exact) mass is 406 g/mol. The number of rotatable bonds is 5. The first-order valence-corrected chi connectivity index (χ1v) is 9.27. The Balaban J connectivity index is 1.71. The van der Waals surface area contributed by atoms with Crippen molar-refractivity contribution in [3.8, 4) is 16.9 Å². The normalized spacial score (nSPS) is 10.7. The van der Waals surface area contributed by atoms with Gasteiger partial charge in [-0.3, -0.25) is 9.78 Å². The van der Waals surface area contributed by atoms with E-state index in [-0.39, 0.29) is 11.7 Å². The van der Waals surface area contributed by atoms with Crippen LogP contribution in [0.25, 0.3) is 16.9 Å². The van der Waals surface area contributed by atoms with Crippen LogP contribution in [0.15, 0.2) is 79.1 Å². The standard InChI is InChI=1S/C22H16ClFN4O/c23-19-4-2-1-3-18(19)20-13-21(22(29)26-14-15-9-11-25-12-10-15)28(27-20)17-7-5-16(24)6-8-17/h1-13H,14H2,(H,26,29). The van der Waals surface area contributed by atoms with Crippen molar-refractivity contribution in [2.45, 2.75) is 6.54 Å². The zero-order valence-electron chi connectivity index (χ0n) is 15.2. The summed E-state index contributed by atoms with van der Waals surface area (Å²) in [6, 6.07) is 18.4. The van der Waals surface area contributed by atoms with Crippen LogP contribution < -0.4 is 5.32 Å². The Morgan fingerprint density at radius 2 is 1.76 bits per heavy atom. The number of carbonyl (C=O) groups excluding carboxylic acids is 1. The van der Waals surface area contributed by atoms with Crippen LogP contribution in [-0.2, 0) is 6.54 Å². The molecule has 2 heterocycles. The number of amides is 1. The molecule has 0 bridgehead atoms. The van der Waals surface area contributed by atoms with E-state index >= 15 is 0 Å². The molecule has 0 aliphatic carbocycles. The van der Waals surface area contributed by atoms with Gasteiger partial charge in [0.1, 0.15) is 11.5 Å². The fraction of sp³-hybridized carbons (Fsp3) is 0.0455. The first kappa shape index (κ1) is 18.8. The van der Waals surface area contributed by atoms with Gasteiger partial charge in [-0.05, 0) is 54.1 Å². The van der Waals surface area contributed by atoms with E-state index in [4.69, 9.17) is 11.6 Å². The number of hydrogen-bond donors (Lipinski definition) is 1. The van der Waals surface area contributed by atoms with E-state index in [9.17, 15) is 9.18 Å². The third kappa shape index (κ3) is 4.17. The predicted octanol–water partition coefficient (Wildman–Crippen LogP) is 4.66. The number of halogens is 2. The third-order valence-corrected chi connectivity index (χ3v) is 4.70. The molecule has 0 unspecified atom stereocenters. The second-order valence-electron chi connectivity index (χ2n) is 6.32. The van der Waals surface area contributed by atoms with Crippen molar-refractivity contribution in [3.63, 3.8) is 0 Å². The lowest BCUT2D eigenvalue weighted by Gasteiger charge is -2.08. The first-order chi connectivity index (χ1) is 14.1. The van der Waals surface area contributed by atoms with E-state index in [0.717, 1.165) is 5.56 Å². The molecular weight excluding hydrogens is 391 g/mol. The van der Waals surface area contributed by atoms with Gasteiger partial charge in [-0.15, -0.1) is 0 Å². The van der Waals surface area contributed by atoms with Crippen molar-refractivity contribution in [2.75, 3.05) is 0 Å². The van der Waals surface area contributed by atoms with Gasteiger partial charge in [0.2, 0.25) is 0 Å². The van der Waals surface area contributed by atoms with Gasteiger partial charge in [0, 0.05) is 24.5 Å². The molecule has 0 atom stereocenters. The minimum atomic E-state index is -0.365. The Morgan fingerprint density at radius 1 is 1.03 bits per heavy atom. The Morgan fingerprint density at radius 3 is 2.48 bits per heavy atom. The van der Waals surface area contributed by atoms with Crippen LogP contribution in [-0.4, -0.2) is 20.7 Å². The van der Waals surface area contributed by atoms with Crippen LogP contribution in [0.4, 0.5) is 4.39 Å². The fourth-order valence-electron chi connectivity index (χ4n) is 2.90. The average Bonchev–Trinajstić information content (AvgIpc) is 3.19. The molecule has 2 aromatic carbocycles. The second kappa shape index (κ2) is 8.24. The molecule has 0 fully saturated rings. The largest absolute Gasteiger partial charge is 0.347 e. The summed E-state index contributed by atoms with van der Waals surface area (Å²) in [5, 5.41) is 7.97. The zero-order valence-corrected chi connectivity index (χ0v) is 16.0. The minimum Gasteiger partial charge on any atom is -0.347 e. The van der Waals surface area contributed by atoms with Crippen molar-refractivity contribution >= 4 is 17.5 Å². The van der Waals surface area contributed by atoms with Crippen LogP contribution in [0.5, 0.6) is 0 Å². The van der Waals surface area contributed by atoms with Gasteiger partial charge < -0.3 is 5.32 Å². The lowest BCUT2D eigenvalue weighted by atomic mass is 10.1. The quantitative estimate of drug-likeness (QED) is 0.524. The van der Waals surface area contributed by atoms with E-state index < -0.39 is 0 Å². The lowest BCUT2D eigenvalue weighted by Crippen LogP contribution is -2.25. The molecule has 2 aromatic heterocycles. The Labute approximate surface area is 171 Å². The van der Waals surface area contributed by atoms with Crippen molar-refractivity contribution in [2.24, 2.45) is 0 Å². The summed E-state index contributed by atoms with van der Waals surface area (Å²) in [5.74, 6) is -0.673. The number of benzene rings is 2. The average molecular weight is 407 g/mol. The van der Waals surface area contributed by atoms with Gasteiger partial charge in [0.15, 0.2) is 0 Å². The second-order valence-corrected chi connectivity index (χ2v) is 6.73. The molecule has 144 valence electrons. The number of aromatic nitrogens is 3. The smallest absolute Gasteiger partial charge is 0.270 e. The van der Waals surface area contributed by atoms with E-state index in [1.807, 2.05) is 30.3 Å². The highest BCUT2D eigenvalue weighted by Crippen LogP contribution is 2.28. The topological polar surface area (TPSA) is 59.8 Å². The van der Waals surface area contributed by atoms with Crippen LogP contribution in [0.3, 0.4) is 0 Å². The summed E-state index contributed by atoms with van der Waals surface area (Å²) in [7, 11) is 0. The molecule has 7 heteroatoms. The molecule has 0 aliphatic rings. The van der Waals surface area contributed by atoms with E-state index in [2.05, 4.69) is 15.4 Å². The molecular formula is C22H16ClFN4O. The Kier molecular flexibility index (Phi) is 5.35. The van der Waals surface area contributed by atoms with E-state index in [0.29, 0.717) is 34.2 Å². The molecule has 1 amide bonds. The number of nitrogens with zero attached hydrogens (tertiary/aromatic N) is 3. The maximum atomic E-state index is 13.4. The highest BCUT2D eigenvalue weighted by atomic mass is 35.5. The summed E-state index contributed by atoms with van der Waals surface area (Å²) < 4.78 is 14.8. The Hall–Kier alpha value is -3.51. The number of nitrogens with one attached hydrogen (secondary N) is 1. The van der Waals surface area contributed by atoms with Crippen LogP contribution in [0.2, 0.25) is 5.02 Å². The maximum absolute atomic E-state index is 13.4. The zero-order chi connectivity index (χ0) is 20.2. The van der Waals surface area contributed by atoms with Gasteiger partial charge in [0.25, 0.3) is 5.91 Å². The van der Waals surface area contributed by atoms with E-state index in [1.165, 1.54) is 16.8 Å². The van der Waals surface area contributed by atoms with Crippen LogP contribution in [0, 0.1) is 5.82 Å². The minimum absolute atomic E-state index is 0.308. The molecule has 4 rings (SSSR count). The highest BCUT2D eigenvalue weighted by Gasteiger charge is 2.18. The maximum Gasteiger partial charge on any atom is 0.270 e. The van der Waals surface area contributed by atoms with Gasteiger partial charge in [0.05, 0.1) is 16.4 Å². The molecule has 29 heavy (non-hydrogen) atoms. The summed E-state index contributed by atoms with van der Waals surface area (Å²) >= 11 is 6.30. The Bertz CT molecular complexity index is 1140. The third-order valence-electron chi connectivity index (χ3n) is 4.37. The van der Waals surface area contributed by atoms with Gasteiger partial charge in [-0.2, -0.15) is 5.10 Å². The molecule has 5 nitrogen and oxygen atoms in total. The van der Waals surface area contributed by atoms with Gasteiger partial charge in [-0.1, -0.05) is 29.8 Å². The summed E-state index contributed by atoms with van der Waals surface area (Å²) in [6.45, 7) is 0.345. The summed E-state index contributed by atoms with van der Waals surface area (Å²) in [5.41, 5.74) is 3.07. The number of hydrogen-bond acceptors (Lipinski definition) is 3. The first-order valence-electron chi connectivity index (χ1n) is 8.90. The molecule has 0 saturated carbocycles. The van der Waals surface area contributed by atoms with Crippen LogP contribution >= 0.6 is 11.6 Å². The van der Waals surface area contributed by atoms with Gasteiger partial charge >= 0.3 is 0 Å². The van der Waals surface area contributed by atoms with Crippen molar-refractivity contribution in [1.82, 2.24) is 20.1 Å². The molecule has 0 saturated heterocycles. The van der Waals surface area contributed by atoms with Crippen molar-refractivity contribution in [3.05, 3.63) is 101 Å². The molecule has 4 aromatic rings. The predicted molar refractivity (Wildman–Crippen MR) is 109 cm³/mol. The molecule has 0 spiro atoms.